The molecule has 1 amide bonds. The molecule has 0 bridgehead atoms. The third-order valence-electron chi connectivity index (χ3n) is 6.52. The van der Waals surface area contributed by atoms with Crippen molar-refractivity contribution < 1.29 is 4.79 Å². The van der Waals surface area contributed by atoms with E-state index in [4.69, 9.17) is 0 Å². The summed E-state index contributed by atoms with van der Waals surface area (Å²) in [6.07, 6.45) is 22.7. The maximum Gasteiger partial charge on any atom is 0.223 e. The van der Waals surface area contributed by atoms with Crippen molar-refractivity contribution in [2.75, 3.05) is 0 Å². The Morgan fingerprint density at radius 3 is 2.22 bits per heavy atom. The van der Waals surface area contributed by atoms with E-state index in [0.717, 1.165) is 12.3 Å². The lowest BCUT2D eigenvalue weighted by Crippen LogP contribution is -2.54. The van der Waals surface area contributed by atoms with Crippen molar-refractivity contribution in [1.29, 1.82) is 0 Å². The van der Waals surface area contributed by atoms with Gasteiger partial charge in [0, 0.05) is 12.0 Å². The second-order valence-electron chi connectivity index (χ2n) is 8.08. The zero-order valence-electron chi connectivity index (χ0n) is 14.8. The second kappa shape index (κ2) is 8.89. The molecule has 23 heavy (non-hydrogen) atoms. The second-order valence-corrected chi connectivity index (χ2v) is 8.08. The maximum absolute atomic E-state index is 12.8. The van der Waals surface area contributed by atoms with Gasteiger partial charge >= 0.3 is 0 Å². The summed E-state index contributed by atoms with van der Waals surface area (Å²) < 4.78 is 0. The number of hydrogen-bond acceptors (Lipinski definition) is 1. The number of nitrogens with one attached hydrogen (secondary N) is 1. The highest BCUT2D eigenvalue weighted by molar-refractivity contribution is 5.80. The number of fused-ring (bicyclic) bond motifs is 3. The van der Waals surface area contributed by atoms with Crippen molar-refractivity contribution in [3.05, 3.63) is 12.2 Å². The molecule has 2 aliphatic carbocycles. The van der Waals surface area contributed by atoms with Crippen molar-refractivity contribution in [3.63, 3.8) is 0 Å². The van der Waals surface area contributed by atoms with Crippen LogP contribution in [0.4, 0.5) is 0 Å². The van der Waals surface area contributed by atoms with Gasteiger partial charge in [-0.1, -0.05) is 57.1 Å². The fraction of sp³-hybridized carbons (Fsp3) is 0.857. The van der Waals surface area contributed by atoms with E-state index in [2.05, 4.69) is 17.5 Å². The van der Waals surface area contributed by atoms with Crippen molar-refractivity contribution in [2.24, 2.45) is 17.8 Å². The molecule has 3 aliphatic rings. The minimum atomic E-state index is 0.305. The molecule has 0 radical (unpaired) electrons. The Bertz CT molecular complexity index is 403. The molecule has 1 saturated carbocycles. The van der Waals surface area contributed by atoms with E-state index in [1.807, 2.05) is 0 Å². The van der Waals surface area contributed by atoms with Crippen molar-refractivity contribution in [1.82, 2.24) is 5.32 Å². The number of carbonyl (C=O) groups is 1. The molecular weight excluding hydrogens is 282 g/mol. The smallest absolute Gasteiger partial charge is 0.223 e. The molecule has 1 aliphatic heterocycles. The first-order valence-electron chi connectivity index (χ1n) is 10.3. The van der Waals surface area contributed by atoms with Gasteiger partial charge in [0.2, 0.25) is 5.91 Å². The number of rotatable bonds is 0. The zero-order chi connectivity index (χ0) is 15.9. The molecule has 2 fully saturated rings. The van der Waals surface area contributed by atoms with Crippen molar-refractivity contribution >= 4 is 5.91 Å². The van der Waals surface area contributed by atoms with Gasteiger partial charge in [0.15, 0.2) is 0 Å². The Balaban J connectivity index is 1.75. The topological polar surface area (TPSA) is 29.1 Å². The molecule has 2 nitrogen and oxygen atoms in total. The largest absolute Gasteiger partial charge is 0.353 e. The van der Waals surface area contributed by atoms with Gasteiger partial charge in [-0.25, -0.2) is 0 Å². The summed E-state index contributed by atoms with van der Waals surface area (Å²) in [5.74, 6) is 2.07. The van der Waals surface area contributed by atoms with Gasteiger partial charge in [0.05, 0.1) is 0 Å². The van der Waals surface area contributed by atoms with E-state index in [9.17, 15) is 4.79 Å². The minimum absolute atomic E-state index is 0.305. The van der Waals surface area contributed by atoms with Crippen LogP contribution < -0.4 is 5.32 Å². The summed E-state index contributed by atoms with van der Waals surface area (Å²) in [7, 11) is 0. The first kappa shape index (κ1) is 17.0. The van der Waals surface area contributed by atoms with E-state index >= 15 is 0 Å². The molecule has 1 N–H and O–H groups in total. The van der Waals surface area contributed by atoms with Crippen LogP contribution in [0.1, 0.15) is 89.9 Å². The fourth-order valence-electron chi connectivity index (χ4n) is 5.26. The number of piperidine rings is 1. The van der Waals surface area contributed by atoms with Gasteiger partial charge < -0.3 is 5.32 Å². The Morgan fingerprint density at radius 1 is 0.696 bits per heavy atom. The lowest BCUT2D eigenvalue weighted by atomic mass is 9.68. The number of hydrogen-bond donors (Lipinski definition) is 1. The summed E-state index contributed by atoms with van der Waals surface area (Å²) in [6, 6.07) is 0.453. The predicted molar refractivity (Wildman–Crippen MR) is 96.2 cm³/mol. The van der Waals surface area contributed by atoms with Crippen LogP contribution in [0.2, 0.25) is 0 Å². The van der Waals surface area contributed by atoms with Crippen LogP contribution in [-0.4, -0.2) is 11.9 Å². The van der Waals surface area contributed by atoms with E-state index in [0.29, 0.717) is 23.8 Å². The van der Waals surface area contributed by atoms with E-state index in [1.54, 1.807) is 0 Å². The third kappa shape index (κ3) is 4.61. The molecule has 4 atom stereocenters. The molecule has 0 aromatic rings. The zero-order valence-corrected chi connectivity index (χ0v) is 14.8. The van der Waals surface area contributed by atoms with Gasteiger partial charge in [-0.3, -0.25) is 4.79 Å². The summed E-state index contributed by atoms with van der Waals surface area (Å²) in [5.41, 5.74) is 0. The van der Waals surface area contributed by atoms with Crippen LogP contribution in [0.3, 0.4) is 0 Å². The Hall–Kier alpha value is -0.790. The Labute approximate surface area is 142 Å². The highest BCUT2D eigenvalue weighted by Crippen LogP contribution is 2.40. The van der Waals surface area contributed by atoms with E-state index in [1.165, 1.54) is 83.5 Å². The quantitative estimate of drug-likeness (QED) is 0.597. The standard InChI is InChI=1S/C21H35NO/c23-21-19-15-11-6-3-1-2-5-9-13-17(19)18-14-10-7-4-8-12-16-20(18)22-21/h4,7,17-20H,1-3,5-6,8-16H2,(H,22,23)/b7-4-. The molecular formula is C21H35NO. The number of allylic oxidation sites excluding steroid dienone is 2. The van der Waals surface area contributed by atoms with Gasteiger partial charge in [0.1, 0.15) is 0 Å². The lowest BCUT2D eigenvalue weighted by molar-refractivity contribution is -0.133. The van der Waals surface area contributed by atoms with Gasteiger partial charge in [-0.2, -0.15) is 0 Å². The fourth-order valence-corrected chi connectivity index (χ4v) is 5.26. The third-order valence-corrected chi connectivity index (χ3v) is 6.52. The van der Waals surface area contributed by atoms with Gasteiger partial charge in [-0.15, -0.1) is 0 Å². The molecule has 1 heterocycles. The SMILES string of the molecule is O=C1NC2CCC/C=C\CCC2C2CCCCCCCCCC12. The van der Waals surface area contributed by atoms with E-state index in [-0.39, 0.29) is 0 Å². The van der Waals surface area contributed by atoms with Crippen LogP contribution >= 0.6 is 0 Å². The normalized spacial score (nSPS) is 38.5. The van der Waals surface area contributed by atoms with E-state index < -0.39 is 0 Å². The molecule has 3 rings (SSSR count). The summed E-state index contributed by atoms with van der Waals surface area (Å²) in [4.78, 5) is 12.8. The van der Waals surface area contributed by atoms with Gasteiger partial charge in [0.25, 0.3) is 0 Å². The van der Waals surface area contributed by atoms with Crippen molar-refractivity contribution in [2.45, 2.75) is 95.9 Å². The highest BCUT2D eigenvalue weighted by Gasteiger charge is 2.42. The molecule has 0 aromatic heterocycles. The Kier molecular flexibility index (Phi) is 6.59. The van der Waals surface area contributed by atoms with Gasteiger partial charge in [-0.05, 0) is 56.8 Å². The maximum atomic E-state index is 12.8. The van der Waals surface area contributed by atoms with Crippen LogP contribution in [0, 0.1) is 17.8 Å². The molecule has 4 unspecified atom stereocenters. The summed E-state index contributed by atoms with van der Waals surface area (Å²) >= 11 is 0. The first-order valence-corrected chi connectivity index (χ1v) is 10.3. The average molecular weight is 318 g/mol. The molecule has 0 aromatic carbocycles. The molecule has 2 heteroatoms. The number of amides is 1. The Morgan fingerprint density at radius 2 is 1.39 bits per heavy atom. The predicted octanol–water partition coefficient (Wildman–Crippen LogP) is 5.38. The number of carbonyl (C=O) groups excluding carboxylic acids is 1. The average Bonchev–Trinajstić information content (AvgIpc) is 2.61. The molecule has 130 valence electrons. The monoisotopic (exact) mass is 317 g/mol. The minimum Gasteiger partial charge on any atom is -0.353 e. The van der Waals surface area contributed by atoms with Crippen LogP contribution in [-0.2, 0) is 4.79 Å². The molecule has 1 saturated heterocycles. The van der Waals surface area contributed by atoms with Crippen molar-refractivity contribution in [3.8, 4) is 0 Å². The first-order chi connectivity index (χ1) is 11.4. The summed E-state index contributed by atoms with van der Waals surface area (Å²) in [5, 5.41) is 3.45. The lowest BCUT2D eigenvalue weighted by Gasteiger charge is -2.43. The highest BCUT2D eigenvalue weighted by atomic mass is 16.2. The summed E-state index contributed by atoms with van der Waals surface area (Å²) in [6.45, 7) is 0. The molecule has 0 spiro atoms. The van der Waals surface area contributed by atoms with Crippen LogP contribution in [0.15, 0.2) is 12.2 Å². The van der Waals surface area contributed by atoms with Crippen LogP contribution in [0.25, 0.3) is 0 Å². The van der Waals surface area contributed by atoms with Crippen LogP contribution in [0.5, 0.6) is 0 Å².